The lowest BCUT2D eigenvalue weighted by Crippen LogP contribution is -2.35. The van der Waals surface area contributed by atoms with Crippen LogP contribution < -0.4 is 10.1 Å². The number of ketones is 1. The minimum atomic E-state index is -3.52. The summed E-state index contributed by atoms with van der Waals surface area (Å²) in [5.41, 5.74) is 0.797. The number of piperidine rings is 1. The van der Waals surface area contributed by atoms with E-state index in [1.165, 1.54) is 29.6 Å². The van der Waals surface area contributed by atoms with Gasteiger partial charge in [0.1, 0.15) is 5.75 Å². The van der Waals surface area contributed by atoms with E-state index >= 15 is 0 Å². The number of hydrogen-bond acceptors (Lipinski definition) is 5. The van der Waals surface area contributed by atoms with Crippen LogP contribution in [0.25, 0.3) is 0 Å². The summed E-state index contributed by atoms with van der Waals surface area (Å²) < 4.78 is 32.1. The lowest BCUT2D eigenvalue weighted by atomic mass is 10.1. The Balaban J connectivity index is 1.57. The number of carbonyl (C=O) groups is 2. The van der Waals surface area contributed by atoms with E-state index < -0.39 is 10.0 Å². The van der Waals surface area contributed by atoms with E-state index in [-0.39, 0.29) is 29.4 Å². The van der Waals surface area contributed by atoms with Gasteiger partial charge in [0, 0.05) is 36.6 Å². The summed E-state index contributed by atoms with van der Waals surface area (Å²) in [6.07, 6.45) is 2.75. The number of anilines is 1. The Kier molecular flexibility index (Phi) is 7.69. The SMILES string of the molecule is COc1ccc(Cl)cc1C(=O)CCC(=O)Nc1ccc(S(=O)(=O)N2CCCCC2)cc1. The molecule has 0 bridgehead atoms. The van der Waals surface area contributed by atoms with E-state index in [1.54, 1.807) is 24.3 Å². The number of benzene rings is 2. The Hall–Kier alpha value is -2.42. The molecule has 1 amide bonds. The van der Waals surface area contributed by atoms with Gasteiger partial charge in [0.2, 0.25) is 15.9 Å². The van der Waals surface area contributed by atoms with Crippen LogP contribution in [0, 0.1) is 0 Å². The summed E-state index contributed by atoms with van der Waals surface area (Å²) in [6.45, 7) is 1.07. The fourth-order valence-corrected chi connectivity index (χ4v) is 5.14. The molecule has 1 heterocycles. The molecule has 1 N–H and O–H groups in total. The van der Waals surface area contributed by atoms with Gasteiger partial charge in [0.25, 0.3) is 0 Å². The summed E-state index contributed by atoms with van der Waals surface area (Å²) in [4.78, 5) is 24.9. The average molecular weight is 465 g/mol. The quantitative estimate of drug-likeness (QED) is 0.593. The molecule has 1 aliphatic heterocycles. The molecule has 166 valence electrons. The van der Waals surface area contributed by atoms with E-state index in [9.17, 15) is 18.0 Å². The van der Waals surface area contributed by atoms with Crippen LogP contribution in [0.4, 0.5) is 5.69 Å². The minimum absolute atomic E-state index is 0.00996. The van der Waals surface area contributed by atoms with Gasteiger partial charge < -0.3 is 10.1 Å². The van der Waals surface area contributed by atoms with Gasteiger partial charge in [-0.15, -0.1) is 0 Å². The first-order valence-corrected chi connectivity index (χ1v) is 11.9. The maximum Gasteiger partial charge on any atom is 0.243 e. The summed E-state index contributed by atoms with van der Waals surface area (Å²) in [6, 6.07) is 10.8. The molecule has 3 rings (SSSR count). The number of ether oxygens (including phenoxy) is 1. The van der Waals surface area contributed by atoms with Crippen molar-refractivity contribution in [3.8, 4) is 5.75 Å². The van der Waals surface area contributed by atoms with Gasteiger partial charge in [-0.1, -0.05) is 18.0 Å². The Morgan fingerprint density at radius 3 is 2.35 bits per heavy atom. The van der Waals surface area contributed by atoms with Crippen LogP contribution >= 0.6 is 11.6 Å². The van der Waals surface area contributed by atoms with Gasteiger partial charge >= 0.3 is 0 Å². The van der Waals surface area contributed by atoms with Gasteiger partial charge in [0.05, 0.1) is 17.6 Å². The van der Waals surface area contributed by atoms with Gasteiger partial charge in [-0.3, -0.25) is 9.59 Å². The Morgan fingerprint density at radius 2 is 1.71 bits per heavy atom. The van der Waals surface area contributed by atoms with Crippen molar-refractivity contribution in [1.82, 2.24) is 4.31 Å². The maximum absolute atomic E-state index is 12.7. The summed E-state index contributed by atoms with van der Waals surface area (Å²) in [5, 5.41) is 3.10. The third-order valence-electron chi connectivity index (χ3n) is 5.13. The Bertz CT molecular complexity index is 1050. The monoisotopic (exact) mass is 464 g/mol. The first-order valence-electron chi connectivity index (χ1n) is 10.1. The lowest BCUT2D eigenvalue weighted by Gasteiger charge is -2.25. The van der Waals surface area contributed by atoms with E-state index in [4.69, 9.17) is 16.3 Å². The number of nitrogens with zero attached hydrogens (tertiary/aromatic N) is 1. The predicted octanol–water partition coefficient (Wildman–Crippen LogP) is 4.12. The smallest absolute Gasteiger partial charge is 0.243 e. The van der Waals surface area contributed by atoms with E-state index in [0.29, 0.717) is 35.1 Å². The molecule has 7 nitrogen and oxygen atoms in total. The molecule has 0 aliphatic carbocycles. The molecule has 0 saturated carbocycles. The van der Waals surface area contributed by atoms with Crippen LogP contribution in [0.2, 0.25) is 5.02 Å². The van der Waals surface area contributed by atoms with Crippen molar-refractivity contribution in [1.29, 1.82) is 0 Å². The first-order chi connectivity index (χ1) is 14.8. The minimum Gasteiger partial charge on any atom is -0.496 e. The molecule has 9 heteroatoms. The van der Waals surface area contributed by atoms with Crippen molar-refractivity contribution < 1.29 is 22.7 Å². The van der Waals surface area contributed by atoms with Gasteiger partial charge in [-0.05, 0) is 55.3 Å². The zero-order valence-corrected chi connectivity index (χ0v) is 18.8. The topological polar surface area (TPSA) is 92.8 Å². The van der Waals surface area contributed by atoms with Crippen molar-refractivity contribution in [3.63, 3.8) is 0 Å². The highest BCUT2D eigenvalue weighted by Crippen LogP contribution is 2.25. The first kappa shape index (κ1) is 23.2. The second-order valence-corrected chi connectivity index (χ2v) is 9.68. The van der Waals surface area contributed by atoms with Crippen molar-refractivity contribution in [3.05, 3.63) is 53.1 Å². The molecule has 0 atom stereocenters. The molecular formula is C22H25ClN2O5S. The molecule has 0 unspecified atom stereocenters. The molecule has 2 aromatic rings. The predicted molar refractivity (Wildman–Crippen MR) is 119 cm³/mol. The van der Waals surface area contributed by atoms with Gasteiger partial charge in [0.15, 0.2) is 5.78 Å². The number of hydrogen-bond donors (Lipinski definition) is 1. The molecule has 0 spiro atoms. The number of amides is 1. The fourth-order valence-electron chi connectivity index (χ4n) is 3.45. The van der Waals surface area contributed by atoms with E-state index in [2.05, 4.69) is 5.32 Å². The molecular weight excluding hydrogens is 440 g/mol. The van der Waals surface area contributed by atoms with Crippen LogP contribution in [0.3, 0.4) is 0 Å². The third kappa shape index (κ3) is 5.84. The molecule has 1 aliphatic rings. The highest BCUT2D eigenvalue weighted by Gasteiger charge is 2.25. The fraction of sp³-hybridized carbons (Fsp3) is 0.364. The number of carbonyl (C=O) groups excluding carboxylic acids is 2. The number of nitrogens with one attached hydrogen (secondary N) is 1. The highest BCUT2D eigenvalue weighted by atomic mass is 35.5. The van der Waals surface area contributed by atoms with Crippen LogP contribution in [-0.2, 0) is 14.8 Å². The zero-order valence-electron chi connectivity index (χ0n) is 17.3. The molecule has 0 aromatic heterocycles. The largest absolute Gasteiger partial charge is 0.496 e. The summed E-state index contributed by atoms with van der Waals surface area (Å²) in [5.74, 6) is -0.196. The van der Waals surface area contributed by atoms with Crippen LogP contribution in [0.5, 0.6) is 5.75 Å². The number of Topliss-reactive ketones (excluding diaryl/α,β-unsaturated/α-hetero) is 1. The van der Waals surface area contributed by atoms with Crippen molar-refractivity contribution in [2.75, 3.05) is 25.5 Å². The van der Waals surface area contributed by atoms with E-state index in [0.717, 1.165) is 19.3 Å². The molecule has 2 aromatic carbocycles. The zero-order chi connectivity index (χ0) is 22.4. The standard InChI is InChI=1S/C22H25ClN2O5S/c1-30-21-11-5-16(23)15-19(21)20(26)10-12-22(27)24-17-6-8-18(9-7-17)31(28,29)25-13-3-2-4-14-25/h5-9,11,15H,2-4,10,12-14H2,1H3,(H,24,27). The Morgan fingerprint density at radius 1 is 1.03 bits per heavy atom. The maximum atomic E-state index is 12.7. The Labute approximate surface area is 187 Å². The average Bonchev–Trinajstić information content (AvgIpc) is 2.78. The normalized spacial score (nSPS) is 14.8. The molecule has 1 fully saturated rings. The number of methoxy groups -OCH3 is 1. The van der Waals surface area contributed by atoms with Crippen molar-refractivity contribution in [2.45, 2.75) is 37.0 Å². The number of halogens is 1. The van der Waals surface area contributed by atoms with Crippen LogP contribution in [0.1, 0.15) is 42.5 Å². The second kappa shape index (κ2) is 10.3. The summed E-state index contributed by atoms with van der Waals surface area (Å²) in [7, 11) is -2.06. The van der Waals surface area contributed by atoms with Crippen LogP contribution in [0.15, 0.2) is 47.4 Å². The molecule has 1 saturated heterocycles. The van der Waals surface area contributed by atoms with Gasteiger partial charge in [-0.2, -0.15) is 4.31 Å². The third-order valence-corrected chi connectivity index (χ3v) is 7.28. The highest BCUT2D eigenvalue weighted by molar-refractivity contribution is 7.89. The molecule has 0 radical (unpaired) electrons. The molecule has 31 heavy (non-hydrogen) atoms. The van der Waals surface area contributed by atoms with Gasteiger partial charge in [-0.25, -0.2) is 8.42 Å². The second-order valence-electron chi connectivity index (χ2n) is 7.31. The van der Waals surface area contributed by atoms with Crippen LogP contribution in [-0.4, -0.2) is 44.6 Å². The van der Waals surface area contributed by atoms with Crippen molar-refractivity contribution >= 4 is 39.0 Å². The lowest BCUT2D eigenvalue weighted by molar-refractivity contribution is -0.116. The number of rotatable bonds is 8. The number of sulfonamides is 1. The summed E-state index contributed by atoms with van der Waals surface area (Å²) >= 11 is 5.95. The van der Waals surface area contributed by atoms with Crippen molar-refractivity contribution in [2.24, 2.45) is 0 Å². The van der Waals surface area contributed by atoms with E-state index in [1.807, 2.05) is 0 Å².